The molecule has 0 saturated carbocycles. The van der Waals surface area contributed by atoms with Crippen molar-refractivity contribution in [3.05, 3.63) is 84.7 Å². The van der Waals surface area contributed by atoms with Crippen LogP contribution in [0.1, 0.15) is 25.1 Å². The van der Waals surface area contributed by atoms with Crippen LogP contribution in [0.2, 0.25) is 5.02 Å². The van der Waals surface area contributed by atoms with E-state index in [1.165, 1.54) is 0 Å². The van der Waals surface area contributed by atoms with E-state index in [0.717, 1.165) is 42.5 Å². The number of halogens is 1. The number of amides is 2. The lowest BCUT2D eigenvalue weighted by Crippen LogP contribution is -2.34. The van der Waals surface area contributed by atoms with Gasteiger partial charge in [0, 0.05) is 31.1 Å². The van der Waals surface area contributed by atoms with Crippen LogP contribution in [0.5, 0.6) is 5.75 Å². The SMILES string of the molecule is C=CCN(CC=C)C(=O)Cn1c(CCCCCNC(=O)COc2ccc(Cl)cc2)nc2ccccc21. The van der Waals surface area contributed by atoms with Crippen LogP contribution >= 0.6 is 11.6 Å². The lowest BCUT2D eigenvalue weighted by molar-refractivity contribution is -0.130. The molecular weight excluding hydrogens is 476 g/mol. The molecular formula is C28H33ClN4O3. The van der Waals surface area contributed by atoms with Crippen LogP contribution in [0.4, 0.5) is 0 Å². The van der Waals surface area contributed by atoms with Gasteiger partial charge in [-0.2, -0.15) is 0 Å². The van der Waals surface area contributed by atoms with Crippen molar-refractivity contribution in [2.45, 2.75) is 32.2 Å². The Morgan fingerprint density at radius 1 is 1.03 bits per heavy atom. The number of rotatable bonds is 15. The molecule has 0 spiro atoms. The van der Waals surface area contributed by atoms with E-state index in [9.17, 15) is 9.59 Å². The molecule has 2 aromatic carbocycles. The summed E-state index contributed by atoms with van der Waals surface area (Å²) in [6.07, 6.45) is 6.86. The molecule has 0 radical (unpaired) electrons. The molecule has 0 saturated heterocycles. The maximum Gasteiger partial charge on any atom is 0.257 e. The standard InChI is InChI=1S/C28H33ClN4O3/c1-3-18-32(19-4-2)28(35)20-33-25-11-8-7-10-24(25)31-26(33)12-6-5-9-17-30-27(34)21-36-23-15-13-22(29)14-16-23/h3-4,7-8,10-11,13-16H,1-2,5-6,9,12,17-21H2,(H,30,34). The van der Waals surface area contributed by atoms with Gasteiger partial charge in [-0.05, 0) is 49.2 Å². The highest BCUT2D eigenvalue weighted by atomic mass is 35.5. The third kappa shape index (κ3) is 7.99. The minimum absolute atomic E-state index is 0.00253. The zero-order valence-corrected chi connectivity index (χ0v) is 21.3. The number of hydrogen-bond donors (Lipinski definition) is 1. The molecule has 0 atom stereocenters. The van der Waals surface area contributed by atoms with Gasteiger partial charge >= 0.3 is 0 Å². The Bertz CT molecular complexity index is 1160. The topological polar surface area (TPSA) is 76.5 Å². The largest absolute Gasteiger partial charge is 0.484 e. The smallest absolute Gasteiger partial charge is 0.257 e. The minimum atomic E-state index is -0.158. The van der Waals surface area contributed by atoms with E-state index in [2.05, 4.69) is 18.5 Å². The number of carbonyl (C=O) groups excluding carboxylic acids is 2. The molecule has 1 aromatic heterocycles. The van der Waals surface area contributed by atoms with E-state index < -0.39 is 0 Å². The van der Waals surface area contributed by atoms with Gasteiger partial charge in [0.15, 0.2) is 6.61 Å². The predicted molar refractivity (Wildman–Crippen MR) is 144 cm³/mol. The number of carbonyl (C=O) groups is 2. The number of aryl methyl sites for hydroxylation is 1. The fraction of sp³-hybridized carbons (Fsp3) is 0.321. The summed E-state index contributed by atoms with van der Waals surface area (Å²) in [5, 5.41) is 3.50. The normalized spacial score (nSPS) is 10.7. The van der Waals surface area contributed by atoms with E-state index in [-0.39, 0.29) is 25.0 Å². The van der Waals surface area contributed by atoms with Crippen LogP contribution in [0.25, 0.3) is 11.0 Å². The van der Waals surface area contributed by atoms with Gasteiger partial charge in [-0.3, -0.25) is 9.59 Å². The Kier molecular flexibility index (Phi) is 10.6. The Hall–Kier alpha value is -3.58. The quantitative estimate of drug-likeness (QED) is 0.236. The van der Waals surface area contributed by atoms with Crippen molar-refractivity contribution in [2.75, 3.05) is 26.2 Å². The van der Waals surface area contributed by atoms with Crippen LogP contribution in [0.15, 0.2) is 73.8 Å². The lowest BCUT2D eigenvalue weighted by Gasteiger charge is -2.20. The Morgan fingerprint density at radius 3 is 2.47 bits per heavy atom. The summed E-state index contributed by atoms with van der Waals surface area (Å²) in [6, 6.07) is 14.8. The Labute approximate surface area is 217 Å². The van der Waals surface area contributed by atoms with Crippen LogP contribution in [-0.4, -0.2) is 52.5 Å². The van der Waals surface area contributed by atoms with Crippen molar-refractivity contribution >= 4 is 34.4 Å². The summed E-state index contributed by atoms with van der Waals surface area (Å²) in [7, 11) is 0. The molecule has 190 valence electrons. The first kappa shape index (κ1) is 27.0. The van der Waals surface area contributed by atoms with Crippen LogP contribution in [-0.2, 0) is 22.6 Å². The van der Waals surface area contributed by atoms with Gasteiger partial charge < -0.3 is 19.5 Å². The van der Waals surface area contributed by atoms with Crippen molar-refractivity contribution in [2.24, 2.45) is 0 Å². The highest BCUT2D eigenvalue weighted by Crippen LogP contribution is 2.19. The van der Waals surface area contributed by atoms with Crippen LogP contribution in [0, 0.1) is 0 Å². The Balaban J connectivity index is 1.47. The average Bonchev–Trinajstić information content (AvgIpc) is 3.22. The summed E-state index contributed by atoms with van der Waals surface area (Å²) in [5.41, 5.74) is 1.83. The molecule has 2 amide bonds. The molecule has 7 nitrogen and oxygen atoms in total. The predicted octanol–water partition coefficient (Wildman–Crippen LogP) is 4.80. The molecule has 0 aliphatic heterocycles. The maximum atomic E-state index is 12.9. The molecule has 3 rings (SSSR count). The molecule has 1 N–H and O–H groups in total. The number of ether oxygens (including phenoxy) is 1. The molecule has 0 aliphatic rings. The number of para-hydroxylation sites is 2. The van der Waals surface area contributed by atoms with Gasteiger partial charge in [-0.25, -0.2) is 4.98 Å². The zero-order valence-electron chi connectivity index (χ0n) is 20.5. The zero-order chi connectivity index (χ0) is 25.8. The summed E-state index contributed by atoms with van der Waals surface area (Å²) in [4.78, 5) is 31.5. The number of imidazole rings is 1. The van der Waals surface area contributed by atoms with Crippen LogP contribution in [0.3, 0.4) is 0 Å². The number of fused-ring (bicyclic) bond motifs is 1. The maximum absolute atomic E-state index is 12.9. The second-order valence-electron chi connectivity index (χ2n) is 8.38. The monoisotopic (exact) mass is 508 g/mol. The van der Waals surface area contributed by atoms with Crippen molar-refractivity contribution in [3.8, 4) is 5.75 Å². The molecule has 0 aliphatic carbocycles. The van der Waals surface area contributed by atoms with E-state index in [4.69, 9.17) is 21.3 Å². The van der Waals surface area contributed by atoms with Gasteiger partial charge in [0.05, 0.1) is 11.0 Å². The fourth-order valence-electron chi connectivity index (χ4n) is 3.86. The van der Waals surface area contributed by atoms with Crippen molar-refractivity contribution in [3.63, 3.8) is 0 Å². The first-order valence-corrected chi connectivity index (χ1v) is 12.5. The van der Waals surface area contributed by atoms with E-state index >= 15 is 0 Å². The summed E-state index contributed by atoms with van der Waals surface area (Å²) < 4.78 is 7.46. The second-order valence-corrected chi connectivity index (χ2v) is 8.82. The van der Waals surface area contributed by atoms with Crippen molar-refractivity contribution in [1.29, 1.82) is 0 Å². The van der Waals surface area contributed by atoms with E-state index in [1.54, 1.807) is 41.3 Å². The number of benzene rings is 2. The highest BCUT2D eigenvalue weighted by molar-refractivity contribution is 6.30. The van der Waals surface area contributed by atoms with Crippen molar-refractivity contribution < 1.29 is 14.3 Å². The number of hydrogen-bond acceptors (Lipinski definition) is 4. The summed E-state index contributed by atoms with van der Waals surface area (Å²) in [6.45, 7) is 9.22. The molecule has 0 fully saturated rings. The summed E-state index contributed by atoms with van der Waals surface area (Å²) >= 11 is 5.85. The molecule has 0 bridgehead atoms. The van der Waals surface area contributed by atoms with Gasteiger partial charge in [0.25, 0.3) is 5.91 Å². The van der Waals surface area contributed by atoms with E-state index in [0.29, 0.717) is 30.4 Å². The molecule has 3 aromatic rings. The molecule has 36 heavy (non-hydrogen) atoms. The van der Waals surface area contributed by atoms with Gasteiger partial charge in [-0.15, -0.1) is 13.2 Å². The van der Waals surface area contributed by atoms with Crippen molar-refractivity contribution in [1.82, 2.24) is 19.8 Å². The number of aromatic nitrogens is 2. The third-order valence-electron chi connectivity index (χ3n) is 5.66. The van der Waals surface area contributed by atoms with E-state index in [1.807, 2.05) is 28.8 Å². The molecule has 0 unspecified atom stereocenters. The Morgan fingerprint density at radius 2 is 1.75 bits per heavy atom. The molecule has 1 heterocycles. The number of nitrogens with one attached hydrogen (secondary N) is 1. The van der Waals surface area contributed by atoms with Gasteiger partial charge in [0.1, 0.15) is 18.1 Å². The minimum Gasteiger partial charge on any atom is -0.484 e. The average molecular weight is 509 g/mol. The lowest BCUT2D eigenvalue weighted by atomic mass is 10.2. The first-order valence-electron chi connectivity index (χ1n) is 12.1. The third-order valence-corrected chi connectivity index (χ3v) is 5.91. The van der Waals surface area contributed by atoms with Gasteiger partial charge in [-0.1, -0.05) is 42.3 Å². The second kappa shape index (κ2) is 14.1. The highest BCUT2D eigenvalue weighted by Gasteiger charge is 2.17. The number of unbranched alkanes of at least 4 members (excludes halogenated alkanes) is 2. The summed E-state index contributed by atoms with van der Waals surface area (Å²) in [5.74, 6) is 1.34. The van der Waals surface area contributed by atoms with Gasteiger partial charge in [0.2, 0.25) is 5.91 Å². The fourth-order valence-corrected chi connectivity index (χ4v) is 3.99. The number of nitrogens with zero attached hydrogens (tertiary/aromatic N) is 3. The van der Waals surface area contributed by atoms with Crippen LogP contribution < -0.4 is 10.1 Å². The first-order chi connectivity index (χ1) is 17.5. The molecule has 8 heteroatoms.